The number of aryl methyl sites for hydroxylation is 1. The Bertz CT molecular complexity index is 403. The van der Waals surface area contributed by atoms with Gasteiger partial charge in [0.25, 0.3) is 0 Å². The van der Waals surface area contributed by atoms with Gasteiger partial charge in [-0.15, -0.1) is 0 Å². The fourth-order valence-electron chi connectivity index (χ4n) is 2.65. The molecule has 3 nitrogen and oxygen atoms in total. The number of aromatic nitrogens is 1. The molecule has 1 atom stereocenters. The number of nitrogens with zero attached hydrogens (tertiary/aromatic N) is 2. The van der Waals surface area contributed by atoms with Crippen molar-refractivity contribution in [3.8, 4) is 0 Å². The van der Waals surface area contributed by atoms with E-state index < -0.39 is 0 Å². The molecule has 0 saturated carbocycles. The van der Waals surface area contributed by atoms with E-state index in [2.05, 4.69) is 16.8 Å². The molecule has 1 fully saturated rings. The molecule has 92 valence electrons. The van der Waals surface area contributed by atoms with Crippen LogP contribution in [-0.4, -0.2) is 24.4 Å². The van der Waals surface area contributed by atoms with Crippen LogP contribution in [0.1, 0.15) is 42.1 Å². The number of rotatable bonds is 4. The van der Waals surface area contributed by atoms with Crippen LogP contribution in [0.25, 0.3) is 0 Å². The van der Waals surface area contributed by atoms with Gasteiger partial charge in [-0.2, -0.15) is 0 Å². The number of aldehydes is 1. The zero-order valence-corrected chi connectivity index (χ0v) is 10.6. The lowest BCUT2D eigenvalue weighted by molar-refractivity contribution is 0.112. The molecular weight excluding hydrogens is 212 g/mol. The van der Waals surface area contributed by atoms with Crippen LogP contribution in [0.5, 0.6) is 0 Å². The first kappa shape index (κ1) is 12.1. The largest absolute Gasteiger partial charge is 0.356 e. The first-order valence-electron chi connectivity index (χ1n) is 6.41. The third kappa shape index (κ3) is 2.65. The lowest BCUT2D eigenvalue weighted by Crippen LogP contribution is -2.21. The second-order valence-electron chi connectivity index (χ2n) is 4.92. The van der Waals surface area contributed by atoms with Crippen LogP contribution < -0.4 is 4.90 Å². The molecule has 0 spiro atoms. The van der Waals surface area contributed by atoms with Gasteiger partial charge in [-0.25, -0.2) is 4.98 Å². The topological polar surface area (TPSA) is 33.2 Å². The van der Waals surface area contributed by atoms with Crippen LogP contribution in [0.2, 0.25) is 0 Å². The minimum absolute atomic E-state index is 0.663. The van der Waals surface area contributed by atoms with Gasteiger partial charge in [-0.05, 0) is 37.3 Å². The summed E-state index contributed by atoms with van der Waals surface area (Å²) in [4.78, 5) is 17.4. The number of carbonyl (C=O) groups excluding carboxylic acids is 1. The summed E-state index contributed by atoms with van der Waals surface area (Å²) >= 11 is 0. The quantitative estimate of drug-likeness (QED) is 0.748. The minimum Gasteiger partial charge on any atom is -0.356 e. The second kappa shape index (κ2) is 5.30. The van der Waals surface area contributed by atoms with Gasteiger partial charge in [0.1, 0.15) is 5.82 Å². The summed E-state index contributed by atoms with van der Waals surface area (Å²) < 4.78 is 0. The first-order chi connectivity index (χ1) is 8.24. The molecular formula is C14H20N2O. The summed E-state index contributed by atoms with van der Waals surface area (Å²) in [5.41, 5.74) is 1.77. The van der Waals surface area contributed by atoms with Crippen molar-refractivity contribution >= 4 is 12.1 Å². The average Bonchev–Trinajstić information content (AvgIpc) is 2.78. The highest BCUT2D eigenvalue weighted by Crippen LogP contribution is 2.27. The predicted octanol–water partition coefficient (Wildman–Crippen LogP) is 2.83. The molecule has 1 aromatic heterocycles. The molecule has 1 aliphatic rings. The highest BCUT2D eigenvalue weighted by Gasteiger charge is 2.23. The van der Waals surface area contributed by atoms with E-state index in [1.165, 1.54) is 19.3 Å². The highest BCUT2D eigenvalue weighted by molar-refractivity contribution is 5.75. The lowest BCUT2D eigenvalue weighted by Gasteiger charge is -2.19. The Kier molecular flexibility index (Phi) is 3.77. The summed E-state index contributed by atoms with van der Waals surface area (Å²) in [6.45, 7) is 6.48. The summed E-state index contributed by atoms with van der Waals surface area (Å²) in [6, 6.07) is 1.92. The number of anilines is 1. The number of hydrogen-bond donors (Lipinski definition) is 0. The Balaban J connectivity index is 2.10. The van der Waals surface area contributed by atoms with Crippen molar-refractivity contribution < 1.29 is 4.79 Å². The van der Waals surface area contributed by atoms with Gasteiger partial charge < -0.3 is 4.90 Å². The summed E-state index contributed by atoms with van der Waals surface area (Å²) in [5.74, 6) is 1.86. The normalized spacial score (nSPS) is 19.6. The highest BCUT2D eigenvalue weighted by atomic mass is 16.1. The molecule has 0 bridgehead atoms. The molecule has 3 heteroatoms. The van der Waals surface area contributed by atoms with Crippen LogP contribution in [0.3, 0.4) is 0 Å². The van der Waals surface area contributed by atoms with E-state index in [9.17, 15) is 4.79 Å². The molecule has 1 aromatic rings. The third-order valence-corrected chi connectivity index (χ3v) is 3.49. The zero-order valence-electron chi connectivity index (χ0n) is 10.6. The summed E-state index contributed by atoms with van der Waals surface area (Å²) in [7, 11) is 0. The van der Waals surface area contributed by atoms with Crippen molar-refractivity contribution in [2.75, 3.05) is 18.0 Å². The zero-order chi connectivity index (χ0) is 12.3. The smallest absolute Gasteiger partial charge is 0.151 e. The van der Waals surface area contributed by atoms with Crippen molar-refractivity contribution in [3.63, 3.8) is 0 Å². The maximum absolute atomic E-state index is 10.7. The van der Waals surface area contributed by atoms with E-state index in [1.807, 2.05) is 13.0 Å². The summed E-state index contributed by atoms with van der Waals surface area (Å²) in [5, 5.41) is 0. The fraction of sp³-hybridized carbons (Fsp3) is 0.571. The van der Waals surface area contributed by atoms with E-state index >= 15 is 0 Å². The van der Waals surface area contributed by atoms with Crippen molar-refractivity contribution in [1.82, 2.24) is 4.98 Å². The molecule has 2 rings (SSSR count). The fourth-order valence-corrected chi connectivity index (χ4v) is 2.65. The maximum Gasteiger partial charge on any atom is 0.151 e. The van der Waals surface area contributed by atoms with E-state index in [0.717, 1.165) is 36.7 Å². The van der Waals surface area contributed by atoms with Crippen LogP contribution in [0, 0.1) is 12.8 Å². The lowest BCUT2D eigenvalue weighted by atomic mass is 10.0. The van der Waals surface area contributed by atoms with Crippen molar-refractivity contribution in [3.05, 3.63) is 23.4 Å². The van der Waals surface area contributed by atoms with E-state index in [0.29, 0.717) is 5.56 Å². The molecule has 2 heterocycles. The Morgan fingerprint density at radius 3 is 3.06 bits per heavy atom. The van der Waals surface area contributed by atoms with Crippen LogP contribution in [0.4, 0.5) is 5.82 Å². The Morgan fingerprint density at radius 1 is 1.59 bits per heavy atom. The van der Waals surface area contributed by atoms with E-state index in [4.69, 9.17) is 0 Å². The van der Waals surface area contributed by atoms with E-state index in [1.54, 1.807) is 6.20 Å². The molecule has 1 aliphatic heterocycles. The number of hydrogen-bond acceptors (Lipinski definition) is 3. The van der Waals surface area contributed by atoms with Crippen LogP contribution in [-0.2, 0) is 0 Å². The van der Waals surface area contributed by atoms with Gasteiger partial charge in [0.2, 0.25) is 0 Å². The number of carbonyl (C=O) groups is 1. The molecule has 0 radical (unpaired) electrons. The molecule has 1 saturated heterocycles. The summed E-state index contributed by atoms with van der Waals surface area (Å²) in [6.07, 6.45) is 6.36. The predicted molar refractivity (Wildman–Crippen MR) is 69.6 cm³/mol. The molecule has 1 unspecified atom stereocenters. The standard InChI is InChI=1S/C14H20N2O/c1-3-4-12-5-6-16(9-12)14-11(2)7-13(10-17)8-15-14/h7-8,10,12H,3-6,9H2,1-2H3. The number of pyridine rings is 1. The van der Waals surface area contributed by atoms with Crippen molar-refractivity contribution in [1.29, 1.82) is 0 Å². The van der Waals surface area contributed by atoms with Crippen LogP contribution in [0.15, 0.2) is 12.3 Å². The van der Waals surface area contributed by atoms with Gasteiger partial charge in [0.05, 0.1) is 0 Å². The molecule has 0 N–H and O–H groups in total. The Hall–Kier alpha value is -1.38. The Morgan fingerprint density at radius 2 is 2.41 bits per heavy atom. The maximum atomic E-state index is 10.7. The molecule has 17 heavy (non-hydrogen) atoms. The van der Waals surface area contributed by atoms with Crippen molar-refractivity contribution in [2.45, 2.75) is 33.1 Å². The van der Waals surface area contributed by atoms with Crippen LogP contribution >= 0.6 is 0 Å². The SMILES string of the molecule is CCCC1CCN(c2ncc(C=O)cc2C)C1. The minimum atomic E-state index is 0.663. The molecule has 0 amide bonds. The van der Waals surface area contributed by atoms with Gasteiger partial charge >= 0.3 is 0 Å². The van der Waals surface area contributed by atoms with Gasteiger partial charge in [0, 0.05) is 24.8 Å². The monoisotopic (exact) mass is 232 g/mol. The van der Waals surface area contributed by atoms with Gasteiger partial charge in [0.15, 0.2) is 6.29 Å². The second-order valence-corrected chi connectivity index (χ2v) is 4.92. The van der Waals surface area contributed by atoms with Gasteiger partial charge in [-0.3, -0.25) is 4.79 Å². The van der Waals surface area contributed by atoms with E-state index in [-0.39, 0.29) is 0 Å². The average molecular weight is 232 g/mol. The Labute approximate surface area is 103 Å². The van der Waals surface area contributed by atoms with Gasteiger partial charge in [-0.1, -0.05) is 13.3 Å². The van der Waals surface area contributed by atoms with Crippen molar-refractivity contribution in [2.24, 2.45) is 5.92 Å². The third-order valence-electron chi connectivity index (χ3n) is 3.49. The molecule has 0 aromatic carbocycles. The first-order valence-corrected chi connectivity index (χ1v) is 6.41. The molecule has 0 aliphatic carbocycles.